The predicted molar refractivity (Wildman–Crippen MR) is 108 cm³/mol. The Kier molecular flexibility index (Phi) is 4.61. The van der Waals surface area contributed by atoms with Gasteiger partial charge in [0, 0.05) is 36.3 Å². The standard InChI is InChI=1S/C21H19ClN4O/c22-18-12-25-19-5-4-13(16-3-1-2-14(11-23)21(16)27)10-17(19)20(18)26-8-6-15(24)7-9-26/h1-5,10,12,15,27H,6-9,24H2. The van der Waals surface area contributed by atoms with E-state index >= 15 is 0 Å². The Balaban J connectivity index is 1.87. The molecule has 3 aromatic rings. The Hall–Kier alpha value is -2.81. The van der Waals surface area contributed by atoms with Gasteiger partial charge in [0.05, 0.1) is 21.8 Å². The molecule has 4 rings (SSSR count). The van der Waals surface area contributed by atoms with Crippen molar-refractivity contribution in [3.63, 3.8) is 0 Å². The lowest BCUT2D eigenvalue weighted by molar-refractivity contribution is 0.475. The molecule has 1 fully saturated rings. The van der Waals surface area contributed by atoms with E-state index in [0.717, 1.165) is 48.1 Å². The first-order valence-corrected chi connectivity index (χ1v) is 9.27. The fourth-order valence-electron chi connectivity index (χ4n) is 3.63. The summed E-state index contributed by atoms with van der Waals surface area (Å²) in [6.45, 7) is 1.69. The number of halogens is 1. The molecule has 0 amide bonds. The first-order valence-electron chi connectivity index (χ1n) is 8.89. The van der Waals surface area contributed by atoms with Gasteiger partial charge in [-0.05, 0) is 36.6 Å². The van der Waals surface area contributed by atoms with Crippen LogP contribution in [0.4, 0.5) is 5.69 Å². The summed E-state index contributed by atoms with van der Waals surface area (Å²) >= 11 is 6.52. The number of hydrogen-bond donors (Lipinski definition) is 2. The second kappa shape index (κ2) is 7.07. The number of phenolic OH excluding ortho intramolecular Hbond substituents is 1. The Morgan fingerprint density at radius 1 is 1.22 bits per heavy atom. The molecule has 1 aliphatic heterocycles. The fourth-order valence-corrected chi connectivity index (χ4v) is 3.90. The number of benzene rings is 2. The number of nitriles is 1. The third-order valence-corrected chi connectivity index (χ3v) is 5.39. The highest BCUT2D eigenvalue weighted by atomic mass is 35.5. The Morgan fingerprint density at radius 3 is 2.74 bits per heavy atom. The van der Waals surface area contributed by atoms with Crippen molar-refractivity contribution in [2.75, 3.05) is 18.0 Å². The number of pyridine rings is 1. The van der Waals surface area contributed by atoms with Crippen LogP contribution in [0.1, 0.15) is 18.4 Å². The minimum atomic E-state index is -0.0140. The van der Waals surface area contributed by atoms with Crippen molar-refractivity contribution in [2.24, 2.45) is 5.73 Å². The van der Waals surface area contributed by atoms with Gasteiger partial charge in [0.2, 0.25) is 0 Å². The number of fused-ring (bicyclic) bond motifs is 1. The summed E-state index contributed by atoms with van der Waals surface area (Å²) in [6.07, 6.45) is 3.52. The van der Waals surface area contributed by atoms with Gasteiger partial charge in [-0.25, -0.2) is 0 Å². The smallest absolute Gasteiger partial charge is 0.141 e. The quantitative estimate of drug-likeness (QED) is 0.702. The van der Waals surface area contributed by atoms with E-state index in [9.17, 15) is 10.4 Å². The van der Waals surface area contributed by atoms with Crippen LogP contribution in [0.3, 0.4) is 0 Å². The molecule has 0 bridgehead atoms. The third-order valence-electron chi connectivity index (χ3n) is 5.12. The number of nitrogens with two attached hydrogens (primary N) is 1. The van der Waals surface area contributed by atoms with Crippen LogP contribution in [0.25, 0.3) is 22.0 Å². The highest BCUT2D eigenvalue weighted by Gasteiger charge is 2.21. The second-order valence-corrected chi connectivity index (χ2v) is 7.23. The summed E-state index contributed by atoms with van der Waals surface area (Å²) in [5.41, 5.74) is 9.51. The molecule has 0 saturated carbocycles. The van der Waals surface area contributed by atoms with Gasteiger partial charge in [0.1, 0.15) is 11.8 Å². The van der Waals surface area contributed by atoms with Crippen molar-refractivity contribution in [1.29, 1.82) is 5.26 Å². The number of nitrogens with zero attached hydrogens (tertiary/aromatic N) is 3. The number of rotatable bonds is 2. The normalized spacial score (nSPS) is 15.1. The van der Waals surface area contributed by atoms with E-state index in [1.807, 2.05) is 24.3 Å². The van der Waals surface area contributed by atoms with Crippen LogP contribution in [-0.4, -0.2) is 29.2 Å². The molecule has 3 N–H and O–H groups in total. The summed E-state index contributed by atoms with van der Waals surface area (Å²) in [5, 5.41) is 21.1. The van der Waals surface area contributed by atoms with Crippen molar-refractivity contribution in [3.8, 4) is 22.9 Å². The maximum Gasteiger partial charge on any atom is 0.141 e. The molecule has 1 saturated heterocycles. The SMILES string of the molecule is N#Cc1cccc(-c2ccc3ncc(Cl)c(N4CCC(N)CC4)c3c2)c1O. The number of para-hydroxylation sites is 1. The number of aromatic nitrogens is 1. The van der Waals surface area contributed by atoms with E-state index < -0.39 is 0 Å². The summed E-state index contributed by atoms with van der Waals surface area (Å²) in [7, 11) is 0. The maximum absolute atomic E-state index is 10.4. The minimum Gasteiger partial charge on any atom is -0.506 e. The van der Waals surface area contributed by atoms with Gasteiger partial charge in [0.15, 0.2) is 0 Å². The van der Waals surface area contributed by atoms with Gasteiger partial charge in [0.25, 0.3) is 0 Å². The van der Waals surface area contributed by atoms with Gasteiger partial charge >= 0.3 is 0 Å². The van der Waals surface area contributed by atoms with Crippen LogP contribution < -0.4 is 10.6 Å². The number of aromatic hydroxyl groups is 1. The summed E-state index contributed by atoms with van der Waals surface area (Å²) in [5.74, 6) is -0.0140. The number of phenols is 1. The van der Waals surface area contributed by atoms with E-state index in [4.69, 9.17) is 17.3 Å². The van der Waals surface area contributed by atoms with Crippen LogP contribution in [0.5, 0.6) is 5.75 Å². The average Bonchev–Trinajstić information content (AvgIpc) is 2.69. The molecule has 6 heteroatoms. The molecule has 0 radical (unpaired) electrons. The molecule has 2 heterocycles. The highest BCUT2D eigenvalue weighted by Crippen LogP contribution is 2.38. The zero-order valence-corrected chi connectivity index (χ0v) is 15.4. The van der Waals surface area contributed by atoms with Crippen LogP contribution in [-0.2, 0) is 0 Å². The number of piperidine rings is 1. The van der Waals surface area contributed by atoms with E-state index in [1.54, 1.807) is 24.4 Å². The number of anilines is 1. The Labute approximate surface area is 162 Å². The second-order valence-electron chi connectivity index (χ2n) is 6.82. The zero-order valence-electron chi connectivity index (χ0n) is 14.7. The first-order chi connectivity index (χ1) is 13.1. The fraction of sp³-hybridized carbons (Fsp3) is 0.238. The van der Waals surface area contributed by atoms with Gasteiger partial charge in [-0.1, -0.05) is 29.8 Å². The van der Waals surface area contributed by atoms with Gasteiger partial charge in [-0.15, -0.1) is 0 Å². The molecule has 5 nitrogen and oxygen atoms in total. The molecule has 1 aliphatic rings. The average molecular weight is 379 g/mol. The molecule has 0 aliphatic carbocycles. The van der Waals surface area contributed by atoms with Crippen molar-refractivity contribution >= 4 is 28.2 Å². The van der Waals surface area contributed by atoms with Crippen molar-refractivity contribution in [1.82, 2.24) is 4.98 Å². The predicted octanol–water partition coefficient (Wildman–Crippen LogP) is 4.06. The van der Waals surface area contributed by atoms with Gasteiger partial charge in [-0.3, -0.25) is 4.98 Å². The molecule has 0 unspecified atom stereocenters. The summed E-state index contributed by atoms with van der Waals surface area (Å²) < 4.78 is 0. The highest BCUT2D eigenvalue weighted by molar-refractivity contribution is 6.34. The van der Waals surface area contributed by atoms with Crippen LogP contribution in [0.2, 0.25) is 5.02 Å². The molecule has 0 atom stereocenters. The minimum absolute atomic E-state index is 0.0140. The van der Waals surface area contributed by atoms with E-state index in [-0.39, 0.29) is 17.4 Å². The molecule has 1 aromatic heterocycles. The number of hydrogen-bond acceptors (Lipinski definition) is 5. The van der Waals surface area contributed by atoms with E-state index in [2.05, 4.69) is 9.88 Å². The summed E-state index contributed by atoms with van der Waals surface area (Å²) in [6, 6.07) is 13.2. The van der Waals surface area contributed by atoms with Crippen molar-refractivity contribution in [3.05, 3.63) is 53.2 Å². The maximum atomic E-state index is 10.4. The monoisotopic (exact) mass is 378 g/mol. The lowest BCUT2D eigenvalue weighted by atomic mass is 9.98. The Morgan fingerprint density at radius 2 is 2.00 bits per heavy atom. The van der Waals surface area contributed by atoms with E-state index in [1.165, 1.54) is 0 Å². The van der Waals surface area contributed by atoms with Crippen LogP contribution in [0.15, 0.2) is 42.6 Å². The zero-order chi connectivity index (χ0) is 19.0. The van der Waals surface area contributed by atoms with Gasteiger partial charge < -0.3 is 15.7 Å². The van der Waals surface area contributed by atoms with Gasteiger partial charge in [-0.2, -0.15) is 5.26 Å². The lowest BCUT2D eigenvalue weighted by Gasteiger charge is -2.33. The van der Waals surface area contributed by atoms with Crippen molar-refractivity contribution < 1.29 is 5.11 Å². The molecule has 27 heavy (non-hydrogen) atoms. The third kappa shape index (κ3) is 3.18. The molecular formula is C21H19ClN4O. The molecule has 136 valence electrons. The van der Waals surface area contributed by atoms with E-state index in [0.29, 0.717) is 10.6 Å². The van der Waals surface area contributed by atoms with Crippen LogP contribution >= 0.6 is 11.6 Å². The van der Waals surface area contributed by atoms with Crippen molar-refractivity contribution in [2.45, 2.75) is 18.9 Å². The topological polar surface area (TPSA) is 86.2 Å². The lowest BCUT2D eigenvalue weighted by Crippen LogP contribution is -2.39. The Bertz CT molecular complexity index is 1050. The largest absolute Gasteiger partial charge is 0.506 e. The molecule has 2 aromatic carbocycles. The van der Waals surface area contributed by atoms with Crippen LogP contribution in [0, 0.1) is 11.3 Å². The molecule has 0 spiro atoms. The molecular weight excluding hydrogens is 360 g/mol. The first kappa shape index (κ1) is 17.6. The summed E-state index contributed by atoms with van der Waals surface area (Å²) in [4.78, 5) is 6.70.